The minimum atomic E-state index is -3.31. The van der Waals surface area contributed by atoms with Crippen LogP contribution in [0.15, 0.2) is 46.2 Å². The molecule has 1 saturated heterocycles. The van der Waals surface area contributed by atoms with Gasteiger partial charge in [-0.15, -0.1) is 0 Å². The van der Waals surface area contributed by atoms with Crippen LogP contribution in [0.1, 0.15) is 33.6 Å². The second-order valence-corrected chi connectivity index (χ2v) is 10.5. The molecule has 1 aliphatic heterocycles. The van der Waals surface area contributed by atoms with Crippen LogP contribution in [-0.2, 0) is 14.6 Å². The van der Waals surface area contributed by atoms with Gasteiger partial charge in [-0.3, -0.25) is 4.57 Å². The molecule has 0 N–H and O–H groups in total. The molecule has 0 bridgehead atoms. The summed E-state index contributed by atoms with van der Waals surface area (Å²) < 4.78 is 35.7. The van der Waals surface area contributed by atoms with Crippen molar-refractivity contribution in [1.82, 2.24) is 14.5 Å². The predicted octanol–water partition coefficient (Wildman–Crippen LogP) is 2.41. The van der Waals surface area contributed by atoms with Crippen molar-refractivity contribution in [2.45, 2.75) is 50.2 Å². The van der Waals surface area contributed by atoms with E-state index < -0.39 is 21.1 Å². The van der Waals surface area contributed by atoms with Gasteiger partial charge in [-0.25, -0.2) is 18.0 Å². The quantitative estimate of drug-likeness (QED) is 0.705. The number of hydrogen-bond donors (Lipinski definition) is 0. The third-order valence-corrected chi connectivity index (χ3v) is 5.83. The Bertz CT molecular complexity index is 1100. The van der Waals surface area contributed by atoms with Gasteiger partial charge >= 0.3 is 11.8 Å². The number of aromatic nitrogens is 2. The fourth-order valence-electron chi connectivity index (χ4n) is 3.16. The van der Waals surface area contributed by atoms with Gasteiger partial charge in [0.2, 0.25) is 5.88 Å². The third kappa shape index (κ3) is 6.06. The van der Waals surface area contributed by atoms with E-state index in [1.165, 1.54) is 22.9 Å². The first-order valence-corrected chi connectivity index (χ1v) is 11.9. The summed E-state index contributed by atoms with van der Waals surface area (Å²) in [6.07, 6.45) is 3.38. The lowest BCUT2D eigenvalue weighted by Crippen LogP contribution is -2.44. The molecule has 9 nitrogen and oxygen atoms in total. The molecule has 31 heavy (non-hydrogen) atoms. The number of piperidine rings is 1. The highest BCUT2D eigenvalue weighted by atomic mass is 32.2. The Morgan fingerprint density at radius 2 is 1.71 bits per heavy atom. The lowest BCUT2D eigenvalue weighted by Gasteiger charge is -2.33. The molecule has 1 aromatic carbocycles. The molecule has 3 rings (SSSR count). The SMILES string of the molecule is CC(C)(C)OC(=O)N1CCC(Oc2ccn(-c3ccc(S(C)(=O)=O)cc3)c(=O)n2)CC1. The van der Waals surface area contributed by atoms with Crippen LogP contribution in [0.25, 0.3) is 5.69 Å². The zero-order chi connectivity index (χ0) is 22.8. The summed E-state index contributed by atoms with van der Waals surface area (Å²) in [6, 6.07) is 7.57. The predicted molar refractivity (Wildman–Crippen MR) is 114 cm³/mol. The number of amides is 1. The maximum absolute atomic E-state index is 12.4. The van der Waals surface area contributed by atoms with Gasteiger partial charge in [0.15, 0.2) is 9.84 Å². The fraction of sp³-hybridized carbons (Fsp3) is 0.476. The minimum Gasteiger partial charge on any atom is -0.474 e. The van der Waals surface area contributed by atoms with Crippen molar-refractivity contribution < 1.29 is 22.7 Å². The number of rotatable bonds is 4. The zero-order valence-electron chi connectivity index (χ0n) is 18.1. The summed E-state index contributed by atoms with van der Waals surface area (Å²) in [6.45, 7) is 6.49. The molecule has 1 amide bonds. The fourth-order valence-corrected chi connectivity index (χ4v) is 3.79. The molecule has 0 radical (unpaired) electrons. The molecule has 2 heterocycles. The monoisotopic (exact) mass is 449 g/mol. The van der Waals surface area contributed by atoms with E-state index >= 15 is 0 Å². The van der Waals surface area contributed by atoms with E-state index in [1.807, 2.05) is 20.8 Å². The number of hydrogen-bond acceptors (Lipinski definition) is 7. The number of ether oxygens (including phenoxy) is 2. The van der Waals surface area contributed by atoms with Crippen LogP contribution in [0, 0.1) is 0 Å². The number of carbonyl (C=O) groups is 1. The molecule has 2 aromatic rings. The van der Waals surface area contributed by atoms with E-state index in [1.54, 1.807) is 23.1 Å². The smallest absolute Gasteiger partial charge is 0.410 e. The zero-order valence-corrected chi connectivity index (χ0v) is 18.9. The van der Waals surface area contributed by atoms with Crippen molar-refractivity contribution >= 4 is 15.9 Å². The Kier molecular flexibility index (Phi) is 6.40. The van der Waals surface area contributed by atoms with Gasteiger partial charge in [-0.2, -0.15) is 4.98 Å². The Morgan fingerprint density at radius 1 is 1.10 bits per heavy atom. The van der Waals surface area contributed by atoms with Gasteiger partial charge in [0.1, 0.15) is 11.7 Å². The van der Waals surface area contributed by atoms with E-state index in [0.29, 0.717) is 31.6 Å². The van der Waals surface area contributed by atoms with Gasteiger partial charge in [0.05, 0.1) is 10.6 Å². The lowest BCUT2D eigenvalue weighted by molar-refractivity contribution is 0.0122. The molecule has 0 spiro atoms. The molecule has 0 saturated carbocycles. The molecule has 1 aromatic heterocycles. The Hall–Kier alpha value is -2.88. The Balaban J connectivity index is 1.61. The second kappa shape index (κ2) is 8.70. The van der Waals surface area contributed by atoms with Crippen molar-refractivity contribution in [2.75, 3.05) is 19.3 Å². The van der Waals surface area contributed by atoms with Crippen molar-refractivity contribution in [3.05, 3.63) is 47.0 Å². The van der Waals surface area contributed by atoms with E-state index in [2.05, 4.69) is 4.98 Å². The van der Waals surface area contributed by atoms with Crippen molar-refractivity contribution in [1.29, 1.82) is 0 Å². The minimum absolute atomic E-state index is 0.157. The molecule has 168 valence electrons. The van der Waals surface area contributed by atoms with E-state index in [9.17, 15) is 18.0 Å². The number of sulfone groups is 1. The van der Waals surface area contributed by atoms with Crippen molar-refractivity contribution in [3.8, 4) is 11.6 Å². The highest BCUT2D eigenvalue weighted by Gasteiger charge is 2.27. The van der Waals surface area contributed by atoms with Crippen LogP contribution in [0.3, 0.4) is 0 Å². The topological polar surface area (TPSA) is 108 Å². The molecular formula is C21H27N3O6S. The first-order valence-electron chi connectivity index (χ1n) is 9.97. The normalized spacial score (nSPS) is 15.5. The van der Waals surface area contributed by atoms with Gasteiger partial charge < -0.3 is 14.4 Å². The van der Waals surface area contributed by atoms with Crippen LogP contribution in [0.4, 0.5) is 4.79 Å². The summed E-state index contributed by atoms with van der Waals surface area (Å²) in [5.74, 6) is 0.213. The molecule has 1 fully saturated rings. The molecule has 10 heteroatoms. The van der Waals surface area contributed by atoms with Crippen LogP contribution in [0.5, 0.6) is 5.88 Å². The van der Waals surface area contributed by atoms with E-state index in [4.69, 9.17) is 9.47 Å². The maximum atomic E-state index is 12.4. The Morgan fingerprint density at radius 3 is 2.23 bits per heavy atom. The number of carbonyl (C=O) groups excluding carboxylic acids is 1. The van der Waals surface area contributed by atoms with Gasteiger partial charge in [-0.05, 0) is 45.0 Å². The Labute approximate surface area is 181 Å². The largest absolute Gasteiger partial charge is 0.474 e. The summed E-state index contributed by atoms with van der Waals surface area (Å²) in [5, 5.41) is 0. The summed E-state index contributed by atoms with van der Waals surface area (Å²) in [4.78, 5) is 30.4. The average Bonchev–Trinajstić information content (AvgIpc) is 2.67. The van der Waals surface area contributed by atoms with Crippen LogP contribution < -0.4 is 10.4 Å². The van der Waals surface area contributed by atoms with Crippen LogP contribution >= 0.6 is 0 Å². The van der Waals surface area contributed by atoms with E-state index in [0.717, 1.165) is 6.26 Å². The molecule has 0 atom stereocenters. The van der Waals surface area contributed by atoms with Crippen LogP contribution in [-0.4, -0.2) is 60.0 Å². The number of likely N-dealkylation sites (tertiary alicyclic amines) is 1. The summed E-state index contributed by atoms with van der Waals surface area (Å²) in [5.41, 5.74) is -0.568. The first kappa shape index (κ1) is 22.8. The number of benzene rings is 1. The summed E-state index contributed by atoms with van der Waals surface area (Å²) >= 11 is 0. The highest BCUT2D eigenvalue weighted by molar-refractivity contribution is 7.90. The summed E-state index contributed by atoms with van der Waals surface area (Å²) in [7, 11) is -3.31. The van der Waals surface area contributed by atoms with Crippen LogP contribution in [0.2, 0.25) is 0 Å². The van der Waals surface area contributed by atoms with E-state index in [-0.39, 0.29) is 23.0 Å². The number of nitrogens with zero attached hydrogens (tertiary/aromatic N) is 3. The lowest BCUT2D eigenvalue weighted by atomic mass is 10.1. The molecule has 1 aliphatic rings. The standard InChI is InChI=1S/C21H27N3O6S/c1-21(2,3)30-20(26)23-12-9-16(10-13-23)29-18-11-14-24(19(25)22-18)15-5-7-17(8-6-15)31(4,27)28/h5-8,11,14,16H,9-10,12-13H2,1-4H3. The maximum Gasteiger partial charge on any atom is 0.410 e. The second-order valence-electron chi connectivity index (χ2n) is 8.47. The van der Waals surface area contributed by atoms with Gasteiger partial charge in [-0.1, -0.05) is 0 Å². The van der Waals surface area contributed by atoms with Gasteiger partial charge in [0, 0.05) is 44.5 Å². The third-order valence-electron chi connectivity index (χ3n) is 4.70. The van der Waals surface area contributed by atoms with Crippen molar-refractivity contribution in [2.24, 2.45) is 0 Å². The molecule has 0 aliphatic carbocycles. The highest BCUT2D eigenvalue weighted by Crippen LogP contribution is 2.19. The average molecular weight is 450 g/mol. The first-order chi connectivity index (χ1) is 14.4. The molecular weight excluding hydrogens is 422 g/mol. The van der Waals surface area contributed by atoms with Crippen molar-refractivity contribution in [3.63, 3.8) is 0 Å². The molecule has 0 unspecified atom stereocenters. The van der Waals surface area contributed by atoms with Gasteiger partial charge in [0.25, 0.3) is 0 Å².